The van der Waals surface area contributed by atoms with E-state index in [2.05, 4.69) is 32.5 Å². The van der Waals surface area contributed by atoms with Gasteiger partial charge in [-0.1, -0.05) is 24.3 Å². The van der Waals surface area contributed by atoms with Crippen LogP contribution >= 0.6 is 15.9 Å². The van der Waals surface area contributed by atoms with E-state index in [0.29, 0.717) is 15.9 Å². The molecule has 1 aliphatic heterocycles. The number of hydrogen-bond donors (Lipinski definition) is 2. The second kappa shape index (κ2) is 7.37. The summed E-state index contributed by atoms with van der Waals surface area (Å²) in [6.07, 6.45) is 0. The predicted molar refractivity (Wildman–Crippen MR) is 120 cm³/mol. The maximum atomic E-state index is 13.4. The minimum atomic E-state index is -0.211. The zero-order chi connectivity index (χ0) is 20.7. The number of amides is 1. The molecule has 0 bridgehead atoms. The van der Waals surface area contributed by atoms with Crippen LogP contribution in [0.1, 0.15) is 22.3 Å². The second-order valence-corrected chi connectivity index (χ2v) is 8.07. The van der Waals surface area contributed by atoms with E-state index in [-0.39, 0.29) is 11.7 Å². The molecule has 146 valence electrons. The number of aromatic hydroxyl groups is 1. The standard InChI is InChI=1S/C23H20BrN3O2/c1-13-7-8-17-20(12-13)27(16-10-14(2)9-15(3)11-16)23(29)21(17)26-25-19-6-4-5-18(24)22(19)28/h4-12,25,28H,1-3H3/b26-21-. The normalized spacial score (nSPS) is 14.4. The zero-order valence-electron chi connectivity index (χ0n) is 16.3. The third-order valence-electron chi connectivity index (χ3n) is 4.79. The lowest BCUT2D eigenvalue weighted by Gasteiger charge is -2.18. The topological polar surface area (TPSA) is 64.9 Å². The number of halogens is 1. The highest BCUT2D eigenvalue weighted by molar-refractivity contribution is 9.10. The lowest BCUT2D eigenvalue weighted by Crippen LogP contribution is -2.26. The Bertz CT molecular complexity index is 1150. The average Bonchev–Trinajstić information content (AvgIpc) is 2.92. The van der Waals surface area contributed by atoms with Crippen LogP contribution in [-0.4, -0.2) is 16.7 Å². The van der Waals surface area contributed by atoms with E-state index >= 15 is 0 Å². The van der Waals surface area contributed by atoms with E-state index in [1.807, 2.05) is 51.1 Å². The van der Waals surface area contributed by atoms with Crippen LogP contribution in [0.2, 0.25) is 0 Å². The van der Waals surface area contributed by atoms with Crippen molar-refractivity contribution >= 4 is 44.6 Å². The summed E-state index contributed by atoms with van der Waals surface area (Å²) in [5.74, 6) is -0.171. The van der Waals surface area contributed by atoms with Crippen molar-refractivity contribution in [3.63, 3.8) is 0 Å². The molecule has 0 saturated heterocycles. The van der Waals surface area contributed by atoms with Gasteiger partial charge in [-0.25, -0.2) is 0 Å². The molecular formula is C23H20BrN3O2. The Labute approximate surface area is 177 Å². The summed E-state index contributed by atoms with van der Waals surface area (Å²) in [6.45, 7) is 6.03. The molecule has 0 saturated carbocycles. The van der Waals surface area contributed by atoms with Crippen molar-refractivity contribution in [3.05, 3.63) is 81.3 Å². The molecule has 3 aromatic rings. The van der Waals surface area contributed by atoms with Gasteiger partial charge in [0.15, 0.2) is 11.5 Å². The number of anilines is 3. The minimum Gasteiger partial charge on any atom is -0.505 e. The number of carbonyl (C=O) groups is 1. The maximum absolute atomic E-state index is 13.4. The SMILES string of the molecule is Cc1cc(C)cc(N2C(=O)/C(=N\Nc3cccc(Br)c3O)c3ccc(C)cc32)c1. The molecule has 0 atom stereocenters. The summed E-state index contributed by atoms with van der Waals surface area (Å²) < 4.78 is 0.549. The molecule has 0 fully saturated rings. The molecule has 1 aliphatic rings. The fourth-order valence-corrected chi connectivity index (χ4v) is 3.89. The Morgan fingerprint density at radius 3 is 2.41 bits per heavy atom. The Balaban J connectivity index is 1.80. The first-order valence-electron chi connectivity index (χ1n) is 9.20. The first kappa shape index (κ1) is 19.2. The lowest BCUT2D eigenvalue weighted by atomic mass is 10.1. The van der Waals surface area contributed by atoms with Gasteiger partial charge >= 0.3 is 0 Å². The lowest BCUT2D eigenvalue weighted by molar-refractivity contribution is -0.111. The third-order valence-corrected chi connectivity index (χ3v) is 5.43. The molecule has 6 heteroatoms. The van der Waals surface area contributed by atoms with E-state index < -0.39 is 0 Å². The van der Waals surface area contributed by atoms with E-state index in [1.165, 1.54) is 0 Å². The summed E-state index contributed by atoms with van der Waals surface area (Å²) >= 11 is 3.29. The van der Waals surface area contributed by atoms with Crippen LogP contribution in [0.5, 0.6) is 5.75 Å². The highest BCUT2D eigenvalue weighted by Crippen LogP contribution is 2.38. The highest BCUT2D eigenvalue weighted by Gasteiger charge is 2.35. The highest BCUT2D eigenvalue weighted by atomic mass is 79.9. The molecule has 4 rings (SSSR count). The summed E-state index contributed by atoms with van der Waals surface area (Å²) in [6, 6.07) is 17.1. The molecule has 0 radical (unpaired) electrons. The average molecular weight is 450 g/mol. The maximum Gasteiger partial charge on any atom is 0.283 e. The van der Waals surface area contributed by atoms with Crippen LogP contribution in [0.15, 0.2) is 64.2 Å². The molecule has 1 heterocycles. The van der Waals surface area contributed by atoms with Crippen molar-refractivity contribution in [3.8, 4) is 5.75 Å². The largest absolute Gasteiger partial charge is 0.505 e. The molecule has 29 heavy (non-hydrogen) atoms. The van der Waals surface area contributed by atoms with E-state index in [4.69, 9.17) is 0 Å². The molecule has 3 aromatic carbocycles. The molecule has 0 spiro atoms. The van der Waals surface area contributed by atoms with E-state index in [9.17, 15) is 9.90 Å². The van der Waals surface area contributed by atoms with Gasteiger partial charge in [-0.3, -0.25) is 15.1 Å². The zero-order valence-corrected chi connectivity index (χ0v) is 17.9. The minimum absolute atomic E-state index is 0.0394. The van der Waals surface area contributed by atoms with Crippen LogP contribution in [-0.2, 0) is 4.79 Å². The number of benzene rings is 3. The molecule has 1 amide bonds. The number of phenols is 1. The first-order valence-corrected chi connectivity index (χ1v) is 9.99. The molecule has 2 N–H and O–H groups in total. The van der Waals surface area contributed by atoms with Crippen molar-refractivity contribution in [2.75, 3.05) is 10.3 Å². The number of phenolic OH excluding ortho intramolecular Hbond substituents is 1. The van der Waals surface area contributed by atoms with Gasteiger partial charge in [0.05, 0.1) is 15.8 Å². The Kier molecular flexibility index (Phi) is 4.88. The molecule has 5 nitrogen and oxygen atoms in total. The van der Waals surface area contributed by atoms with Gasteiger partial charge in [-0.2, -0.15) is 5.10 Å². The molecule has 0 aromatic heterocycles. The van der Waals surface area contributed by atoms with E-state index in [0.717, 1.165) is 33.6 Å². The van der Waals surface area contributed by atoms with Crippen molar-refractivity contribution in [2.24, 2.45) is 5.10 Å². The van der Waals surface area contributed by atoms with Crippen LogP contribution in [0.3, 0.4) is 0 Å². The number of hydrogen-bond acceptors (Lipinski definition) is 4. The smallest absolute Gasteiger partial charge is 0.283 e. The van der Waals surface area contributed by atoms with Crippen LogP contribution in [0.25, 0.3) is 0 Å². The molecule has 0 aliphatic carbocycles. The summed E-state index contributed by atoms with van der Waals surface area (Å²) in [5, 5.41) is 14.5. The predicted octanol–water partition coefficient (Wildman–Crippen LogP) is 5.57. The van der Waals surface area contributed by atoms with Crippen molar-refractivity contribution in [2.45, 2.75) is 20.8 Å². The number of aryl methyl sites for hydroxylation is 3. The molecular weight excluding hydrogens is 430 g/mol. The quantitative estimate of drug-likeness (QED) is 0.405. The summed E-state index contributed by atoms with van der Waals surface area (Å²) in [7, 11) is 0. The number of carbonyl (C=O) groups excluding carboxylic acids is 1. The van der Waals surface area contributed by atoms with Gasteiger partial charge in [0, 0.05) is 11.3 Å². The summed E-state index contributed by atoms with van der Waals surface area (Å²) in [5.41, 5.74) is 9.16. The van der Waals surface area contributed by atoms with E-state index in [1.54, 1.807) is 23.1 Å². The monoisotopic (exact) mass is 449 g/mol. The van der Waals surface area contributed by atoms with Gasteiger partial charge in [0.2, 0.25) is 0 Å². The number of rotatable bonds is 3. The van der Waals surface area contributed by atoms with Crippen molar-refractivity contribution < 1.29 is 9.90 Å². The third kappa shape index (κ3) is 3.51. The first-order chi connectivity index (χ1) is 13.8. The fourth-order valence-electron chi connectivity index (χ4n) is 3.52. The fraction of sp³-hybridized carbons (Fsp3) is 0.130. The Morgan fingerprint density at radius 1 is 0.966 bits per heavy atom. The second-order valence-electron chi connectivity index (χ2n) is 7.22. The number of nitrogens with one attached hydrogen (secondary N) is 1. The van der Waals surface area contributed by atoms with Crippen molar-refractivity contribution in [1.82, 2.24) is 0 Å². The number of nitrogens with zero attached hydrogens (tertiary/aromatic N) is 2. The van der Waals surface area contributed by atoms with Crippen LogP contribution in [0.4, 0.5) is 17.1 Å². The number of hydrazone groups is 1. The van der Waals surface area contributed by atoms with Crippen molar-refractivity contribution in [1.29, 1.82) is 0 Å². The Morgan fingerprint density at radius 2 is 1.69 bits per heavy atom. The van der Waals surface area contributed by atoms with Gasteiger partial charge in [0.25, 0.3) is 5.91 Å². The number of fused-ring (bicyclic) bond motifs is 1. The number of para-hydroxylation sites is 1. The van der Waals surface area contributed by atoms with Crippen LogP contribution in [0, 0.1) is 20.8 Å². The molecule has 0 unspecified atom stereocenters. The van der Waals surface area contributed by atoms with Gasteiger partial charge in [-0.05, 0) is 83.7 Å². The van der Waals surface area contributed by atoms with Gasteiger partial charge in [0.1, 0.15) is 0 Å². The van der Waals surface area contributed by atoms with Gasteiger partial charge < -0.3 is 5.11 Å². The van der Waals surface area contributed by atoms with Gasteiger partial charge in [-0.15, -0.1) is 0 Å². The Hall–Kier alpha value is -3.12. The summed E-state index contributed by atoms with van der Waals surface area (Å²) in [4.78, 5) is 15.1. The van der Waals surface area contributed by atoms with Crippen LogP contribution < -0.4 is 10.3 Å².